The Balaban J connectivity index is 1.84. The average Bonchev–Trinajstić information content (AvgIpc) is 3.14. The molecule has 4 aromatic carbocycles. The third-order valence-corrected chi connectivity index (χ3v) is 5.69. The van der Waals surface area contributed by atoms with Gasteiger partial charge in [0.1, 0.15) is 0 Å². The fourth-order valence-corrected chi connectivity index (χ4v) is 4.22. The summed E-state index contributed by atoms with van der Waals surface area (Å²) in [5.74, 6) is 0. The number of hydrogen-bond acceptors (Lipinski definition) is 0. The summed E-state index contributed by atoms with van der Waals surface area (Å²) in [7, 11) is 0. The van der Waals surface area contributed by atoms with Crippen LogP contribution in [0.4, 0.5) is 0 Å². The minimum atomic E-state index is 1.04. The van der Waals surface area contributed by atoms with Crippen molar-refractivity contribution in [3.63, 3.8) is 0 Å². The van der Waals surface area contributed by atoms with Crippen molar-refractivity contribution in [2.75, 3.05) is 0 Å². The second-order valence-corrected chi connectivity index (χ2v) is 7.59. The van der Waals surface area contributed by atoms with Crippen LogP contribution in [0, 0.1) is 0 Å². The van der Waals surface area contributed by atoms with E-state index in [4.69, 9.17) is 0 Å². The van der Waals surface area contributed by atoms with E-state index in [1.54, 1.807) is 0 Å². The van der Waals surface area contributed by atoms with Crippen LogP contribution in [-0.2, 0) is 0 Å². The summed E-state index contributed by atoms with van der Waals surface area (Å²) in [6.45, 7) is 6.32. The van der Waals surface area contributed by atoms with Gasteiger partial charge in [-0.15, -0.1) is 0 Å². The lowest BCUT2D eigenvalue weighted by Crippen LogP contribution is -2.21. The third kappa shape index (κ3) is 3.05. The molecule has 1 aromatic heterocycles. The predicted molar refractivity (Wildman–Crippen MR) is 131 cm³/mol. The normalized spacial score (nSPS) is 12.7. The summed E-state index contributed by atoms with van der Waals surface area (Å²) in [6, 6.07) is 34.1. The summed E-state index contributed by atoms with van der Waals surface area (Å²) in [5, 5.41) is 4.72. The Morgan fingerprint density at radius 2 is 1.43 bits per heavy atom. The van der Waals surface area contributed by atoms with Gasteiger partial charge in [-0.1, -0.05) is 104 Å². The van der Waals surface area contributed by atoms with Crippen LogP contribution in [0.15, 0.2) is 103 Å². The molecule has 0 aliphatic rings. The van der Waals surface area contributed by atoms with Crippen molar-refractivity contribution < 1.29 is 0 Å². The van der Waals surface area contributed by atoms with Crippen molar-refractivity contribution >= 4 is 40.2 Å². The highest BCUT2D eigenvalue weighted by Gasteiger charge is 2.15. The van der Waals surface area contributed by atoms with Crippen molar-refractivity contribution in [1.82, 2.24) is 4.57 Å². The zero-order valence-electron chi connectivity index (χ0n) is 17.0. The molecule has 30 heavy (non-hydrogen) atoms. The summed E-state index contributed by atoms with van der Waals surface area (Å²) in [4.78, 5) is 0. The van der Waals surface area contributed by atoms with E-state index in [9.17, 15) is 0 Å². The second kappa shape index (κ2) is 7.53. The molecular weight excluding hydrogens is 362 g/mol. The SMILES string of the molecule is C=c1cccc/c1=C/C=C(\C)n1c2ccccc2c2cccc(-c3ccccc3)c21. The number of benzene rings is 4. The van der Waals surface area contributed by atoms with Gasteiger partial charge in [-0.25, -0.2) is 0 Å². The molecule has 1 heteroatoms. The summed E-state index contributed by atoms with van der Waals surface area (Å²) >= 11 is 0. The number of para-hydroxylation sites is 2. The van der Waals surface area contributed by atoms with E-state index in [2.05, 4.69) is 115 Å². The first-order valence-electron chi connectivity index (χ1n) is 10.2. The van der Waals surface area contributed by atoms with Crippen molar-refractivity contribution in [2.45, 2.75) is 6.92 Å². The molecule has 0 aliphatic carbocycles. The summed E-state index contributed by atoms with van der Waals surface area (Å²) in [6.07, 6.45) is 4.35. The van der Waals surface area contributed by atoms with Crippen LogP contribution in [-0.4, -0.2) is 4.57 Å². The first-order valence-corrected chi connectivity index (χ1v) is 10.2. The number of allylic oxidation sites excluding steroid dienone is 2. The van der Waals surface area contributed by atoms with Crippen molar-refractivity contribution in [2.24, 2.45) is 0 Å². The highest BCUT2D eigenvalue weighted by molar-refractivity contribution is 6.14. The van der Waals surface area contributed by atoms with E-state index in [1.807, 2.05) is 12.1 Å². The van der Waals surface area contributed by atoms with Gasteiger partial charge in [0.2, 0.25) is 0 Å². The minimum absolute atomic E-state index is 1.04. The lowest BCUT2D eigenvalue weighted by molar-refractivity contribution is 1.20. The Kier molecular flexibility index (Phi) is 4.57. The maximum Gasteiger partial charge on any atom is 0.0616 e. The largest absolute Gasteiger partial charge is 0.313 e. The van der Waals surface area contributed by atoms with Crippen LogP contribution in [0.2, 0.25) is 0 Å². The van der Waals surface area contributed by atoms with Gasteiger partial charge in [0.05, 0.1) is 11.0 Å². The van der Waals surface area contributed by atoms with E-state index in [0.717, 1.165) is 10.4 Å². The lowest BCUT2D eigenvalue weighted by Gasteiger charge is -2.11. The van der Waals surface area contributed by atoms with Crippen molar-refractivity contribution in [3.8, 4) is 11.1 Å². The molecule has 0 amide bonds. The molecule has 0 saturated carbocycles. The van der Waals surface area contributed by atoms with Crippen LogP contribution < -0.4 is 10.4 Å². The molecule has 0 saturated heterocycles. The highest BCUT2D eigenvalue weighted by atomic mass is 15.0. The topological polar surface area (TPSA) is 4.93 Å². The fourth-order valence-electron chi connectivity index (χ4n) is 4.22. The van der Waals surface area contributed by atoms with Gasteiger partial charge < -0.3 is 4.57 Å². The molecule has 0 fully saturated rings. The van der Waals surface area contributed by atoms with Gasteiger partial charge in [-0.3, -0.25) is 0 Å². The average molecular weight is 386 g/mol. The molecule has 5 aromatic rings. The first-order chi connectivity index (χ1) is 14.7. The third-order valence-electron chi connectivity index (χ3n) is 5.69. The van der Waals surface area contributed by atoms with Gasteiger partial charge in [0.15, 0.2) is 0 Å². The van der Waals surface area contributed by atoms with E-state index >= 15 is 0 Å². The second-order valence-electron chi connectivity index (χ2n) is 7.59. The Morgan fingerprint density at radius 1 is 0.733 bits per heavy atom. The number of aromatic nitrogens is 1. The maximum absolute atomic E-state index is 4.15. The van der Waals surface area contributed by atoms with Gasteiger partial charge in [0, 0.05) is 22.0 Å². The molecule has 0 aliphatic heterocycles. The molecule has 0 unspecified atom stereocenters. The van der Waals surface area contributed by atoms with E-state index in [0.29, 0.717) is 0 Å². The summed E-state index contributed by atoms with van der Waals surface area (Å²) < 4.78 is 2.38. The van der Waals surface area contributed by atoms with Gasteiger partial charge in [-0.05, 0) is 35.1 Å². The van der Waals surface area contributed by atoms with Crippen molar-refractivity contribution in [3.05, 3.63) is 114 Å². The Labute approximate surface area is 176 Å². The molecule has 144 valence electrons. The Bertz CT molecular complexity index is 1500. The first kappa shape index (κ1) is 18.2. The zero-order chi connectivity index (χ0) is 20.5. The molecule has 0 radical (unpaired) electrons. The van der Waals surface area contributed by atoms with Gasteiger partial charge in [-0.2, -0.15) is 0 Å². The van der Waals surface area contributed by atoms with Crippen molar-refractivity contribution in [1.29, 1.82) is 0 Å². The summed E-state index contributed by atoms with van der Waals surface area (Å²) in [5.41, 5.74) is 6.12. The van der Waals surface area contributed by atoms with E-state index in [1.165, 1.54) is 38.6 Å². The monoisotopic (exact) mass is 385 g/mol. The minimum Gasteiger partial charge on any atom is -0.313 e. The standard InChI is InChI=1S/C29H23N/c1-21-11-6-7-12-23(21)20-19-22(2)30-28-18-9-8-15-26(28)27-17-10-16-25(29(27)30)24-13-4-3-5-14-24/h3-20H,1H2,2H3/b22-19+,23-20-. The number of hydrogen-bond donors (Lipinski definition) is 0. The van der Waals surface area contributed by atoms with Crippen LogP contribution >= 0.6 is 0 Å². The molecule has 0 N–H and O–H groups in total. The molecule has 1 heterocycles. The Hall–Kier alpha value is -3.84. The smallest absolute Gasteiger partial charge is 0.0616 e. The van der Waals surface area contributed by atoms with Crippen LogP contribution in [0.25, 0.3) is 51.3 Å². The van der Waals surface area contributed by atoms with Crippen LogP contribution in [0.5, 0.6) is 0 Å². The van der Waals surface area contributed by atoms with Crippen LogP contribution in [0.1, 0.15) is 6.92 Å². The lowest BCUT2D eigenvalue weighted by atomic mass is 10.0. The fraction of sp³-hybridized carbons (Fsp3) is 0.0345. The van der Waals surface area contributed by atoms with Gasteiger partial charge in [0.25, 0.3) is 0 Å². The highest BCUT2D eigenvalue weighted by Crippen LogP contribution is 2.37. The molecule has 0 bridgehead atoms. The number of rotatable bonds is 3. The number of fused-ring (bicyclic) bond motifs is 3. The number of nitrogens with zero attached hydrogens (tertiary/aromatic N) is 1. The molecule has 0 atom stereocenters. The molecule has 1 nitrogen and oxygen atoms in total. The van der Waals surface area contributed by atoms with E-state index in [-0.39, 0.29) is 0 Å². The Morgan fingerprint density at radius 3 is 2.27 bits per heavy atom. The van der Waals surface area contributed by atoms with E-state index < -0.39 is 0 Å². The molecule has 5 rings (SSSR count). The quantitative estimate of drug-likeness (QED) is 0.348. The van der Waals surface area contributed by atoms with Crippen LogP contribution in [0.3, 0.4) is 0 Å². The molecule has 0 spiro atoms. The zero-order valence-corrected chi connectivity index (χ0v) is 17.0. The maximum atomic E-state index is 4.15. The molecular formula is C29H23N. The van der Waals surface area contributed by atoms with Gasteiger partial charge >= 0.3 is 0 Å². The predicted octanol–water partition coefficient (Wildman–Crippen LogP) is 6.21.